The zero-order chi connectivity index (χ0) is 15.5. The van der Waals surface area contributed by atoms with Gasteiger partial charge in [0.15, 0.2) is 0 Å². The summed E-state index contributed by atoms with van der Waals surface area (Å²) >= 11 is 0. The van der Waals surface area contributed by atoms with Crippen molar-refractivity contribution in [2.75, 3.05) is 19.6 Å². The molecule has 1 aromatic heterocycles. The van der Waals surface area contributed by atoms with Crippen molar-refractivity contribution in [3.63, 3.8) is 0 Å². The Morgan fingerprint density at radius 3 is 2.67 bits per heavy atom. The molecular formula is C15H26N2O3S. The molecule has 2 rings (SSSR count). The summed E-state index contributed by atoms with van der Waals surface area (Å²) in [5.74, 6) is 1.71. The number of rotatable bonds is 9. The molecule has 0 aromatic carbocycles. The molecule has 0 saturated heterocycles. The molecule has 5 nitrogen and oxygen atoms in total. The maximum atomic E-state index is 12.7. The van der Waals surface area contributed by atoms with Crippen molar-refractivity contribution >= 4 is 10.0 Å². The van der Waals surface area contributed by atoms with Gasteiger partial charge in [0.05, 0.1) is 6.54 Å². The number of nitrogens with one attached hydrogen (secondary N) is 1. The molecule has 0 unspecified atom stereocenters. The summed E-state index contributed by atoms with van der Waals surface area (Å²) in [5, 5.41) is 3.23. The van der Waals surface area contributed by atoms with E-state index >= 15 is 0 Å². The van der Waals surface area contributed by atoms with Crippen molar-refractivity contribution in [3.8, 4) is 0 Å². The van der Waals surface area contributed by atoms with Gasteiger partial charge in [-0.15, -0.1) is 0 Å². The first-order chi connectivity index (χ1) is 9.98. The minimum atomic E-state index is -3.43. The highest BCUT2D eigenvalue weighted by Gasteiger charge is 2.32. The van der Waals surface area contributed by atoms with E-state index in [0.29, 0.717) is 42.0 Å². The number of sulfonamides is 1. The van der Waals surface area contributed by atoms with Gasteiger partial charge in [0.1, 0.15) is 16.4 Å². The van der Waals surface area contributed by atoms with Crippen molar-refractivity contribution in [1.82, 2.24) is 9.62 Å². The fourth-order valence-corrected chi connectivity index (χ4v) is 4.09. The van der Waals surface area contributed by atoms with Crippen LogP contribution < -0.4 is 5.32 Å². The van der Waals surface area contributed by atoms with Crippen LogP contribution >= 0.6 is 0 Å². The molecule has 0 amide bonds. The van der Waals surface area contributed by atoms with Gasteiger partial charge in [-0.25, -0.2) is 8.42 Å². The Hall–Kier alpha value is -0.850. The maximum absolute atomic E-state index is 12.7. The second-order valence-corrected chi connectivity index (χ2v) is 7.62. The third-order valence-electron chi connectivity index (χ3n) is 3.78. The molecule has 0 radical (unpaired) electrons. The highest BCUT2D eigenvalue weighted by atomic mass is 32.2. The van der Waals surface area contributed by atoms with Crippen LogP contribution in [0.5, 0.6) is 0 Å². The van der Waals surface area contributed by atoms with E-state index in [1.165, 1.54) is 0 Å². The lowest BCUT2D eigenvalue weighted by Gasteiger charge is -2.19. The number of furan rings is 1. The van der Waals surface area contributed by atoms with Gasteiger partial charge in [-0.05, 0) is 38.6 Å². The summed E-state index contributed by atoms with van der Waals surface area (Å²) in [6, 6.07) is 1.67. The summed E-state index contributed by atoms with van der Waals surface area (Å²) < 4.78 is 32.6. The fourth-order valence-electron chi connectivity index (χ4n) is 2.38. The Kier molecular flexibility index (Phi) is 5.46. The van der Waals surface area contributed by atoms with E-state index in [2.05, 4.69) is 12.2 Å². The molecule has 0 bridgehead atoms. The summed E-state index contributed by atoms with van der Waals surface area (Å²) in [5.41, 5.74) is 0. The topological polar surface area (TPSA) is 62.6 Å². The minimum absolute atomic E-state index is 0.318. The van der Waals surface area contributed by atoms with Gasteiger partial charge in [-0.1, -0.05) is 13.8 Å². The molecule has 6 heteroatoms. The molecule has 1 aliphatic rings. The van der Waals surface area contributed by atoms with Crippen LogP contribution in [0.1, 0.15) is 44.6 Å². The molecule has 1 aliphatic carbocycles. The Bertz CT molecular complexity index is 561. The zero-order valence-electron chi connectivity index (χ0n) is 13.2. The van der Waals surface area contributed by atoms with E-state index in [-0.39, 0.29) is 0 Å². The molecular weight excluding hydrogens is 288 g/mol. The molecule has 1 aromatic rings. The number of nitrogens with zero attached hydrogens (tertiary/aromatic N) is 1. The standard InChI is InChI=1S/C15H26N2O3S/c1-4-8-16-10-14-9-15(12(3)20-14)21(18,19)17(5-2)11-13-6-7-13/h9,13,16H,4-8,10-11H2,1-3H3. The molecule has 0 aliphatic heterocycles. The van der Waals surface area contributed by atoms with Crippen LogP contribution in [0.2, 0.25) is 0 Å². The van der Waals surface area contributed by atoms with E-state index < -0.39 is 10.0 Å². The monoisotopic (exact) mass is 314 g/mol. The molecule has 0 spiro atoms. The molecule has 0 atom stereocenters. The Labute approximate surface area is 127 Å². The Morgan fingerprint density at radius 2 is 2.10 bits per heavy atom. The minimum Gasteiger partial charge on any atom is -0.464 e. The lowest BCUT2D eigenvalue weighted by atomic mass is 10.4. The van der Waals surface area contributed by atoms with Crippen LogP contribution in [-0.2, 0) is 16.6 Å². The number of hydrogen-bond donors (Lipinski definition) is 1. The van der Waals surface area contributed by atoms with Crippen LogP contribution in [0.25, 0.3) is 0 Å². The highest BCUT2D eigenvalue weighted by Crippen LogP contribution is 2.32. The number of hydrogen-bond acceptors (Lipinski definition) is 4. The first-order valence-electron chi connectivity index (χ1n) is 7.79. The van der Waals surface area contributed by atoms with Crippen LogP contribution in [0.4, 0.5) is 0 Å². The van der Waals surface area contributed by atoms with Crippen molar-refractivity contribution in [2.45, 2.75) is 51.5 Å². The fraction of sp³-hybridized carbons (Fsp3) is 0.733. The van der Waals surface area contributed by atoms with Crippen LogP contribution in [0.15, 0.2) is 15.4 Å². The van der Waals surface area contributed by atoms with Crippen molar-refractivity contribution in [3.05, 3.63) is 17.6 Å². The van der Waals surface area contributed by atoms with Gasteiger partial charge in [-0.3, -0.25) is 0 Å². The van der Waals surface area contributed by atoms with E-state index in [1.807, 2.05) is 6.92 Å². The van der Waals surface area contributed by atoms with Gasteiger partial charge in [0, 0.05) is 19.2 Å². The Morgan fingerprint density at radius 1 is 1.38 bits per heavy atom. The predicted octanol–water partition coefficient (Wildman–Crippen LogP) is 2.51. The van der Waals surface area contributed by atoms with Gasteiger partial charge < -0.3 is 9.73 Å². The summed E-state index contributed by atoms with van der Waals surface area (Å²) in [6.07, 6.45) is 3.32. The lowest BCUT2D eigenvalue weighted by Crippen LogP contribution is -2.32. The second-order valence-electron chi connectivity index (χ2n) is 5.71. The normalized spacial score (nSPS) is 15.8. The third kappa shape index (κ3) is 4.08. The van der Waals surface area contributed by atoms with Crippen LogP contribution in [-0.4, -0.2) is 32.4 Å². The van der Waals surface area contributed by atoms with E-state index in [9.17, 15) is 8.42 Å². The molecule has 1 fully saturated rings. The average molecular weight is 314 g/mol. The van der Waals surface area contributed by atoms with Gasteiger partial charge in [-0.2, -0.15) is 4.31 Å². The van der Waals surface area contributed by atoms with Gasteiger partial charge >= 0.3 is 0 Å². The second kappa shape index (κ2) is 6.94. The SMILES string of the molecule is CCCNCc1cc(S(=O)(=O)N(CC)CC2CC2)c(C)o1. The van der Waals surface area contributed by atoms with E-state index in [0.717, 1.165) is 25.8 Å². The van der Waals surface area contributed by atoms with Crippen LogP contribution in [0, 0.1) is 12.8 Å². The largest absolute Gasteiger partial charge is 0.464 e. The summed E-state index contributed by atoms with van der Waals surface area (Å²) in [6.45, 7) is 8.30. The first-order valence-corrected chi connectivity index (χ1v) is 9.23. The smallest absolute Gasteiger partial charge is 0.246 e. The van der Waals surface area contributed by atoms with Crippen molar-refractivity contribution in [2.24, 2.45) is 5.92 Å². The Balaban J connectivity index is 2.14. The van der Waals surface area contributed by atoms with E-state index in [4.69, 9.17) is 4.42 Å². The maximum Gasteiger partial charge on any atom is 0.246 e. The van der Waals surface area contributed by atoms with E-state index in [1.54, 1.807) is 17.3 Å². The quantitative estimate of drug-likeness (QED) is 0.711. The molecule has 1 heterocycles. The first kappa shape index (κ1) is 16.5. The van der Waals surface area contributed by atoms with Gasteiger partial charge in [0.25, 0.3) is 0 Å². The zero-order valence-corrected chi connectivity index (χ0v) is 14.0. The number of aryl methyl sites for hydroxylation is 1. The molecule has 1 N–H and O–H groups in total. The van der Waals surface area contributed by atoms with Gasteiger partial charge in [0.2, 0.25) is 10.0 Å². The third-order valence-corrected chi connectivity index (χ3v) is 5.83. The molecule has 21 heavy (non-hydrogen) atoms. The molecule has 1 saturated carbocycles. The highest BCUT2D eigenvalue weighted by molar-refractivity contribution is 7.89. The van der Waals surface area contributed by atoms with Crippen molar-refractivity contribution < 1.29 is 12.8 Å². The predicted molar refractivity (Wildman–Crippen MR) is 82.6 cm³/mol. The summed E-state index contributed by atoms with van der Waals surface area (Å²) in [4.78, 5) is 0.318. The van der Waals surface area contributed by atoms with Crippen LogP contribution in [0.3, 0.4) is 0 Å². The summed E-state index contributed by atoms with van der Waals surface area (Å²) in [7, 11) is -3.43. The van der Waals surface area contributed by atoms with Crippen molar-refractivity contribution in [1.29, 1.82) is 0 Å². The average Bonchev–Trinajstić information content (AvgIpc) is 3.18. The lowest BCUT2D eigenvalue weighted by molar-refractivity contribution is 0.409. The molecule has 120 valence electrons.